The smallest absolute Gasteiger partial charge is 0.264 e. The highest BCUT2D eigenvalue weighted by Crippen LogP contribution is 2.39. The molecule has 7 heteroatoms. The predicted molar refractivity (Wildman–Crippen MR) is 77.7 cm³/mol. The van der Waals surface area contributed by atoms with E-state index in [-0.39, 0.29) is 24.1 Å². The SMILES string of the molecule is CCC1(C)OC2CCCC(OCCCCS(=O)(=O)O)C2O1. The van der Waals surface area contributed by atoms with E-state index >= 15 is 0 Å². The van der Waals surface area contributed by atoms with Crippen LogP contribution in [0.2, 0.25) is 0 Å². The maximum absolute atomic E-state index is 10.6. The van der Waals surface area contributed by atoms with Crippen LogP contribution >= 0.6 is 0 Å². The Hall–Kier alpha value is -0.210. The molecule has 1 heterocycles. The third-order valence-corrected chi connectivity index (χ3v) is 5.07. The minimum absolute atomic E-state index is 0.0165. The Morgan fingerprint density at radius 2 is 2.05 bits per heavy atom. The molecule has 124 valence electrons. The van der Waals surface area contributed by atoms with Crippen molar-refractivity contribution in [3.8, 4) is 0 Å². The standard InChI is InChI=1S/C14H26O6S/c1-3-14(2)19-12-8-6-7-11(13(12)20-14)18-9-4-5-10-21(15,16)17/h11-13H,3-10H2,1-2H3,(H,15,16,17). The summed E-state index contributed by atoms with van der Waals surface area (Å²) < 4.78 is 47.8. The van der Waals surface area contributed by atoms with Gasteiger partial charge < -0.3 is 14.2 Å². The number of hydrogen-bond acceptors (Lipinski definition) is 5. The molecule has 4 atom stereocenters. The summed E-state index contributed by atoms with van der Waals surface area (Å²) in [5, 5.41) is 0. The maximum Gasteiger partial charge on any atom is 0.264 e. The van der Waals surface area contributed by atoms with Gasteiger partial charge in [-0.1, -0.05) is 6.92 Å². The third-order valence-electron chi connectivity index (χ3n) is 4.27. The molecule has 0 bridgehead atoms. The van der Waals surface area contributed by atoms with E-state index in [1.54, 1.807) is 0 Å². The fourth-order valence-corrected chi connectivity index (χ4v) is 3.54. The van der Waals surface area contributed by atoms with Gasteiger partial charge >= 0.3 is 0 Å². The Morgan fingerprint density at radius 1 is 1.29 bits per heavy atom. The van der Waals surface area contributed by atoms with Gasteiger partial charge in [-0.3, -0.25) is 4.55 Å². The van der Waals surface area contributed by atoms with Crippen molar-refractivity contribution in [3.05, 3.63) is 0 Å². The zero-order chi connectivity index (χ0) is 15.5. The van der Waals surface area contributed by atoms with E-state index in [0.717, 1.165) is 25.7 Å². The van der Waals surface area contributed by atoms with Crippen molar-refractivity contribution in [2.24, 2.45) is 0 Å². The molecule has 6 nitrogen and oxygen atoms in total. The number of rotatable bonds is 7. The molecule has 1 saturated carbocycles. The molecular weight excluding hydrogens is 296 g/mol. The molecule has 0 spiro atoms. The summed E-state index contributed by atoms with van der Waals surface area (Å²) in [6, 6.07) is 0. The van der Waals surface area contributed by atoms with Gasteiger partial charge in [0.25, 0.3) is 10.1 Å². The molecule has 0 amide bonds. The van der Waals surface area contributed by atoms with E-state index in [2.05, 4.69) is 0 Å². The van der Waals surface area contributed by atoms with Crippen LogP contribution in [0.1, 0.15) is 52.4 Å². The molecule has 0 aromatic heterocycles. The van der Waals surface area contributed by atoms with Gasteiger partial charge in [0.05, 0.1) is 18.0 Å². The number of hydrogen-bond donors (Lipinski definition) is 1. The van der Waals surface area contributed by atoms with Gasteiger partial charge in [0.1, 0.15) is 6.10 Å². The Labute approximate surface area is 126 Å². The van der Waals surface area contributed by atoms with Gasteiger partial charge in [-0.25, -0.2) is 0 Å². The summed E-state index contributed by atoms with van der Waals surface area (Å²) in [6.07, 6.45) is 4.93. The first kappa shape index (κ1) is 17.1. The minimum Gasteiger partial charge on any atom is -0.375 e. The summed E-state index contributed by atoms with van der Waals surface area (Å²) in [7, 11) is -3.86. The van der Waals surface area contributed by atoms with Crippen LogP contribution in [0.5, 0.6) is 0 Å². The lowest BCUT2D eigenvalue weighted by Crippen LogP contribution is -2.41. The molecule has 1 aliphatic carbocycles. The summed E-state index contributed by atoms with van der Waals surface area (Å²) >= 11 is 0. The van der Waals surface area contributed by atoms with E-state index in [0.29, 0.717) is 19.4 Å². The van der Waals surface area contributed by atoms with Crippen LogP contribution < -0.4 is 0 Å². The molecule has 2 aliphatic rings. The lowest BCUT2D eigenvalue weighted by Gasteiger charge is -2.31. The van der Waals surface area contributed by atoms with Gasteiger partial charge in [0.15, 0.2) is 5.79 Å². The number of fused-ring (bicyclic) bond motifs is 1. The first-order chi connectivity index (χ1) is 9.83. The van der Waals surface area contributed by atoms with Crippen molar-refractivity contribution in [1.29, 1.82) is 0 Å². The van der Waals surface area contributed by atoms with Crippen LogP contribution in [0.25, 0.3) is 0 Å². The molecule has 21 heavy (non-hydrogen) atoms. The van der Waals surface area contributed by atoms with Crippen molar-refractivity contribution in [2.75, 3.05) is 12.4 Å². The highest BCUT2D eigenvalue weighted by Gasteiger charge is 2.48. The Balaban J connectivity index is 1.76. The molecule has 2 rings (SSSR count). The molecular formula is C14H26O6S. The fraction of sp³-hybridized carbons (Fsp3) is 1.00. The van der Waals surface area contributed by atoms with E-state index in [9.17, 15) is 8.42 Å². The Bertz CT molecular complexity index is 437. The summed E-state index contributed by atoms with van der Waals surface area (Å²) in [4.78, 5) is 0. The molecule has 1 saturated heterocycles. The second-order valence-electron chi connectivity index (χ2n) is 6.06. The van der Waals surface area contributed by atoms with Crippen molar-refractivity contribution in [1.82, 2.24) is 0 Å². The van der Waals surface area contributed by atoms with Crippen LogP contribution in [-0.2, 0) is 24.3 Å². The van der Waals surface area contributed by atoms with Crippen LogP contribution in [0.3, 0.4) is 0 Å². The third kappa shape index (κ3) is 4.89. The van der Waals surface area contributed by atoms with E-state index in [1.165, 1.54) is 0 Å². The van der Waals surface area contributed by atoms with Gasteiger partial charge in [-0.05, 0) is 45.4 Å². The van der Waals surface area contributed by atoms with Crippen LogP contribution in [-0.4, -0.2) is 49.4 Å². The average Bonchev–Trinajstić information content (AvgIpc) is 2.75. The molecule has 0 aromatic rings. The lowest BCUT2D eigenvalue weighted by molar-refractivity contribution is -0.172. The first-order valence-electron chi connectivity index (χ1n) is 7.75. The summed E-state index contributed by atoms with van der Waals surface area (Å²) in [5.41, 5.74) is 0. The van der Waals surface area contributed by atoms with E-state index in [1.807, 2.05) is 13.8 Å². The van der Waals surface area contributed by atoms with Crippen molar-refractivity contribution in [2.45, 2.75) is 76.5 Å². The van der Waals surface area contributed by atoms with Crippen molar-refractivity contribution >= 4 is 10.1 Å². The van der Waals surface area contributed by atoms with E-state index < -0.39 is 15.9 Å². The second-order valence-corrected chi connectivity index (χ2v) is 7.63. The second kappa shape index (κ2) is 6.91. The van der Waals surface area contributed by atoms with Gasteiger partial charge in [-0.15, -0.1) is 0 Å². The van der Waals surface area contributed by atoms with E-state index in [4.69, 9.17) is 18.8 Å². The quantitative estimate of drug-likeness (QED) is 0.571. The molecule has 4 unspecified atom stereocenters. The van der Waals surface area contributed by atoms with Crippen molar-refractivity contribution < 1.29 is 27.2 Å². The largest absolute Gasteiger partial charge is 0.375 e. The fourth-order valence-electron chi connectivity index (χ4n) is 2.97. The molecule has 0 radical (unpaired) electrons. The predicted octanol–water partition coefficient (Wildman–Crippen LogP) is 2.13. The normalized spacial score (nSPS) is 36.6. The van der Waals surface area contributed by atoms with Crippen LogP contribution in [0.4, 0.5) is 0 Å². The monoisotopic (exact) mass is 322 g/mol. The summed E-state index contributed by atoms with van der Waals surface area (Å²) in [6.45, 7) is 4.49. The zero-order valence-electron chi connectivity index (χ0n) is 12.8. The van der Waals surface area contributed by atoms with Crippen LogP contribution in [0.15, 0.2) is 0 Å². The molecule has 1 aliphatic heterocycles. The van der Waals surface area contributed by atoms with Crippen molar-refractivity contribution in [3.63, 3.8) is 0 Å². The maximum atomic E-state index is 10.6. The lowest BCUT2D eigenvalue weighted by atomic mass is 9.92. The Kier molecular flexibility index (Phi) is 5.65. The Morgan fingerprint density at radius 3 is 2.71 bits per heavy atom. The van der Waals surface area contributed by atoms with Gasteiger partial charge in [0.2, 0.25) is 0 Å². The molecule has 2 fully saturated rings. The topological polar surface area (TPSA) is 82.1 Å². The number of unbranched alkanes of at least 4 members (excludes halogenated alkanes) is 1. The van der Waals surface area contributed by atoms with Gasteiger partial charge in [-0.2, -0.15) is 8.42 Å². The molecule has 1 N–H and O–H groups in total. The highest BCUT2D eigenvalue weighted by atomic mass is 32.2. The number of ether oxygens (including phenoxy) is 3. The highest BCUT2D eigenvalue weighted by molar-refractivity contribution is 7.85. The average molecular weight is 322 g/mol. The zero-order valence-corrected chi connectivity index (χ0v) is 13.6. The first-order valence-corrected chi connectivity index (χ1v) is 9.36. The van der Waals surface area contributed by atoms with Gasteiger partial charge in [0, 0.05) is 6.61 Å². The minimum atomic E-state index is -3.86. The van der Waals surface area contributed by atoms with Crippen LogP contribution in [0, 0.1) is 0 Å². The molecule has 0 aromatic carbocycles. The summed E-state index contributed by atoms with van der Waals surface area (Å²) in [5.74, 6) is -0.715.